The van der Waals surface area contributed by atoms with Gasteiger partial charge in [0.25, 0.3) is 0 Å². The summed E-state index contributed by atoms with van der Waals surface area (Å²) in [5, 5.41) is 6.61. The standard InChI is InChI=1S/C8H16N2S/c1-6(2)10-8(11)7-4-3-5-9-7/h6-7,9H,3-5H2,1-2H3,(H,10,11)/t7-/m0/s1. The van der Waals surface area contributed by atoms with Crippen molar-refractivity contribution in [1.82, 2.24) is 10.6 Å². The van der Waals surface area contributed by atoms with Gasteiger partial charge < -0.3 is 10.6 Å². The average molecular weight is 172 g/mol. The third-order valence-corrected chi connectivity index (χ3v) is 2.21. The number of thiocarbonyl (C=S) groups is 1. The smallest absolute Gasteiger partial charge is 0.0927 e. The SMILES string of the molecule is CC(C)NC(=S)[C@@H]1CCCN1. The molecule has 0 bridgehead atoms. The number of nitrogens with one attached hydrogen (secondary N) is 2. The topological polar surface area (TPSA) is 24.1 Å². The molecule has 3 heteroatoms. The highest BCUT2D eigenvalue weighted by atomic mass is 32.1. The highest BCUT2D eigenvalue weighted by Gasteiger charge is 2.18. The van der Waals surface area contributed by atoms with Crippen LogP contribution in [0.3, 0.4) is 0 Å². The molecule has 1 aliphatic rings. The zero-order valence-corrected chi connectivity index (χ0v) is 8.00. The summed E-state index contributed by atoms with van der Waals surface area (Å²) in [5.74, 6) is 0. The van der Waals surface area contributed by atoms with Gasteiger partial charge in [-0.1, -0.05) is 12.2 Å². The first-order chi connectivity index (χ1) is 5.20. The molecular weight excluding hydrogens is 156 g/mol. The van der Waals surface area contributed by atoms with Crippen LogP contribution in [0.4, 0.5) is 0 Å². The molecule has 1 fully saturated rings. The maximum atomic E-state index is 5.22. The van der Waals surface area contributed by atoms with E-state index in [0.29, 0.717) is 12.1 Å². The summed E-state index contributed by atoms with van der Waals surface area (Å²) in [5.41, 5.74) is 0. The number of rotatable bonds is 2. The summed E-state index contributed by atoms with van der Waals surface area (Å²) >= 11 is 5.22. The summed E-state index contributed by atoms with van der Waals surface area (Å²) in [4.78, 5) is 0.984. The van der Waals surface area contributed by atoms with Crippen molar-refractivity contribution < 1.29 is 0 Å². The molecule has 2 N–H and O–H groups in total. The van der Waals surface area contributed by atoms with Gasteiger partial charge in [-0.25, -0.2) is 0 Å². The second-order valence-electron chi connectivity index (χ2n) is 3.31. The van der Waals surface area contributed by atoms with Crippen LogP contribution in [0, 0.1) is 0 Å². The largest absolute Gasteiger partial charge is 0.376 e. The fourth-order valence-corrected chi connectivity index (χ4v) is 1.73. The lowest BCUT2D eigenvalue weighted by Crippen LogP contribution is -2.41. The Balaban J connectivity index is 2.28. The molecule has 2 nitrogen and oxygen atoms in total. The van der Waals surface area contributed by atoms with Crippen LogP contribution in [0.25, 0.3) is 0 Å². The van der Waals surface area contributed by atoms with E-state index in [0.717, 1.165) is 11.5 Å². The van der Waals surface area contributed by atoms with E-state index >= 15 is 0 Å². The molecule has 1 saturated heterocycles. The first-order valence-corrected chi connectivity index (χ1v) is 4.64. The van der Waals surface area contributed by atoms with E-state index in [1.165, 1.54) is 12.8 Å². The zero-order valence-electron chi connectivity index (χ0n) is 7.18. The van der Waals surface area contributed by atoms with Crippen LogP contribution in [0.2, 0.25) is 0 Å². The monoisotopic (exact) mass is 172 g/mol. The van der Waals surface area contributed by atoms with Crippen LogP contribution in [0.15, 0.2) is 0 Å². The predicted molar refractivity (Wildman–Crippen MR) is 51.9 cm³/mol. The fourth-order valence-electron chi connectivity index (χ4n) is 1.29. The van der Waals surface area contributed by atoms with Crippen LogP contribution >= 0.6 is 12.2 Å². The van der Waals surface area contributed by atoms with E-state index < -0.39 is 0 Å². The summed E-state index contributed by atoms with van der Waals surface area (Å²) < 4.78 is 0. The third kappa shape index (κ3) is 2.75. The van der Waals surface area contributed by atoms with Crippen molar-refractivity contribution in [2.75, 3.05) is 6.54 Å². The average Bonchev–Trinajstić information content (AvgIpc) is 2.35. The molecule has 11 heavy (non-hydrogen) atoms. The van der Waals surface area contributed by atoms with Gasteiger partial charge in [0, 0.05) is 6.04 Å². The first kappa shape index (κ1) is 8.94. The molecule has 0 saturated carbocycles. The van der Waals surface area contributed by atoms with Gasteiger partial charge in [-0.3, -0.25) is 0 Å². The van der Waals surface area contributed by atoms with Crippen molar-refractivity contribution in [2.24, 2.45) is 0 Å². The minimum Gasteiger partial charge on any atom is -0.376 e. The highest BCUT2D eigenvalue weighted by molar-refractivity contribution is 7.80. The molecule has 0 unspecified atom stereocenters. The molecule has 1 rings (SSSR count). The highest BCUT2D eigenvalue weighted by Crippen LogP contribution is 2.05. The molecule has 0 aromatic heterocycles. The summed E-state index contributed by atoms with van der Waals surface area (Å²) in [6.45, 7) is 5.34. The third-order valence-electron chi connectivity index (χ3n) is 1.81. The van der Waals surface area contributed by atoms with Gasteiger partial charge in [0.15, 0.2) is 0 Å². The maximum Gasteiger partial charge on any atom is 0.0927 e. The Labute approximate surface area is 73.7 Å². The van der Waals surface area contributed by atoms with Crippen molar-refractivity contribution in [2.45, 2.75) is 38.8 Å². The van der Waals surface area contributed by atoms with Crippen LogP contribution in [0.5, 0.6) is 0 Å². The van der Waals surface area contributed by atoms with Crippen LogP contribution in [-0.2, 0) is 0 Å². The van der Waals surface area contributed by atoms with Crippen LogP contribution in [-0.4, -0.2) is 23.6 Å². The lowest BCUT2D eigenvalue weighted by molar-refractivity contribution is 0.682. The summed E-state index contributed by atoms with van der Waals surface area (Å²) in [7, 11) is 0. The first-order valence-electron chi connectivity index (χ1n) is 4.24. The van der Waals surface area contributed by atoms with Crippen molar-refractivity contribution in [3.63, 3.8) is 0 Å². The fraction of sp³-hybridized carbons (Fsp3) is 0.875. The molecule has 0 spiro atoms. The molecule has 0 amide bonds. The Kier molecular flexibility index (Phi) is 3.27. The second kappa shape index (κ2) is 4.02. The quantitative estimate of drug-likeness (QED) is 0.609. The van der Waals surface area contributed by atoms with Crippen LogP contribution < -0.4 is 10.6 Å². The van der Waals surface area contributed by atoms with Gasteiger partial charge in [-0.05, 0) is 33.2 Å². The Morgan fingerprint density at radius 3 is 2.82 bits per heavy atom. The molecule has 0 aromatic rings. The Hall–Kier alpha value is -0.150. The van der Waals surface area contributed by atoms with E-state index in [1.54, 1.807) is 0 Å². The molecule has 0 radical (unpaired) electrons. The second-order valence-corrected chi connectivity index (χ2v) is 3.75. The van der Waals surface area contributed by atoms with Gasteiger partial charge in [-0.15, -0.1) is 0 Å². The lowest BCUT2D eigenvalue weighted by Gasteiger charge is -2.16. The molecule has 1 aliphatic heterocycles. The number of hydrogen-bond acceptors (Lipinski definition) is 2. The summed E-state index contributed by atoms with van der Waals surface area (Å²) in [6, 6.07) is 0.900. The zero-order chi connectivity index (χ0) is 8.27. The van der Waals surface area contributed by atoms with E-state index in [2.05, 4.69) is 24.5 Å². The van der Waals surface area contributed by atoms with Gasteiger partial charge in [0.2, 0.25) is 0 Å². The normalized spacial score (nSPS) is 24.1. The predicted octanol–water partition coefficient (Wildman–Crippen LogP) is 1.06. The van der Waals surface area contributed by atoms with Gasteiger partial charge in [0.1, 0.15) is 0 Å². The van der Waals surface area contributed by atoms with E-state index in [1.807, 2.05) is 0 Å². The van der Waals surface area contributed by atoms with Gasteiger partial charge >= 0.3 is 0 Å². The molecule has 0 aromatic carbocycles. The molecular formula is C8H16N2S. The van der Waals surface area contributed by atoms with Gasteiger partial charge in [-0.2, -0.15) is 0 Å². The maximum absolute atomic E-state index is 5.22. The van der Waals surface area contributed by atoms with E-state index in [4.69, 9.17) is 12.2 Å². The lowest BCUT2D eigenvalue weighted by atomic mass is 10.2. The van der Waals surface area contributed by atoms with Crippen LogP contribution in [0.1, 0.15) is 26.7 Å². The minimum atomic E-state index is 0.437. The van der Waals surface area contributed by atoms with Gasteiger partial charge in [0.05, 0.1) is 11.0 Å². The minimum absolute atomic E-state index is 0.437. The Morgan fingerprint density at radius 1 is 1.64 bits per heavy atom. The Bertz CT molecular complexity index is 139. The van der Waals surface area contributed by atoms with E-state index in [-0.39, 0.29) is 0 Å². The molecule has 1 atom stereocenters. The molecule has 1 heterocycles. The summed E-state index contributed by atoms with van der Waals surface area (Å²) in [6.07, 6.45) is 2.45. The molecule has 0 aliphatic carbocycles. The van der Waals surface area contributed by atoms with Crippen molar-refractivity contribution in [3.8, 4) is 0 Å². The molecule has 64 valence electrons. The van der Waals surface area contributed by atoms with Crippen molar-refractivity contribution in [3.05, 3.63) is 0 Å². The van der Waals surface area contributed by atoms with Crippen molar-refractivity contribution in [1.29, 1.82) is 0 Å². The number of hydrogen-bond donors (Lipinski definition) is 2. The van der Waals surface area contributed by atoms with Crippen molar-refractivity contribution >= 4 is 17.2 Å². The Morgan fingerprint density at radius 2 is 2.36 bits per heavy atom. The van der Waals surface area contributed by atoms with E-state index in [9.17, 15) is 0 Å².